The van der Waals surface area contributed by atoms with Gasteiger partial charge < -0.3 is 15.1 Å². The summed E-state index contributed by atoms with van der Waals surface area (Å²) in [5.74, 6) is 0. The van der Waals surface area contributed by atoms with Crippen LogP contribution in [0.4, 0.5) is 0 Å². The predicted molar refractivity (Wildman–Crippen MR) is 78.0 cm³/mol. The quantitative estimate of drug-likeness (QED) is 0.826. The first-order chi connectivity index (χ1) is 8.78. The maximum atomic E-state index is 3.93. The zero-order valence-corrected chi connectivity index (χ0v) is 12.3. The zero-order valence-electron chi connectivity index (χ0n) is 12.3. The van der Waals surface area contributed by atoms with Gasteiger partial charge >= 0.3 is 0 Å². The zero-order chi connectivity index (χ0) is 12.8. The van der Waals surface area contributed by atoms with Gasteiger partial charge in [0.2, 0.25) is 0 Å². The van der Waals surface area contributed by atoms with Crippen LogP contribution < -0.4 is 5.32 Å². The Labute approximate surface area is 113 Å². The lowest BCUT2D eigenvalue weighted by Crippen LogP contribution is -2.45. The van der Waals surface area contributed by atoms with E-state index >= 15 is 0 Å². The van der Waals surface area contributed by atoms with Crippen LogP contribution in [0, 0.1) is 0 Å². The minimum absolute atomic E-state index is 0.778. The Balaban J connectivity index is 1.70. The second kappa shape index (κ2) is 7.46. The van der Waals surface area contributed by atoms with Crippen molar-refractivity contribution < 1.29 is 0 Å². The van der Waals surface area contributed by atoms with Crippen LogP contribution in [0.2, 0.25) is 0 Å². The van der Waals surface area contributed by atoms with Crippen molar-refractivity contribution in [3.63, 3.8) is 0 Å². The molecular weight excluding hydrogens is 222 g/mol. The number of likely N-dealkylation sites (tertiary alicyclic amines) is 2. The van der Waals surface area contributed by atoms with Gasteiger partial charge in [-0.2, -0.15) is 0 Å². The number of nitrogens with one attached hydrogen (secondary N) is 1. The van der Waals surface area contributed by atoms with Gasteiger partial charge in [0, 0.05) is 12.1 Å². The number of nitrogens with zero attached hydrogens (tertiary/aromatic N) is 2. The molecule has 3 nitrogen and oxygen atoms in total. The molecule has 1 unspecified atom stereocenters. The van der Waals surface area contributed by atoms with Crippen LogP contribution in [0.5, 0.6) is 0 Å². The van der Waals surface area contributed by atoms with E-state index in [4.69, 9.17) is 0 Å². The monoisotopic (exact) mass is 253 g/mol. The topological polar surface area (TPSA) is 18.5 Å². The summed E-state index contributed by atoms with van der Waals surface area (Å²) in [6.45, 7) is 8.75. The minimum Gasteiger partial charge on any atom is -0.311 e. The van der Waals surface area contributed by atoms with Gasteiger partial charge in [-0.15, -0.1) is 0 Å². The Bertz CT molecular complexity index is 224. The third-order valence-electron chi connectivity index (χ3n) is 4.55. The van der Waals surface area contributed by atoms with Gasteiger partial charge in [0.05, 0.1) is 0 Å². The van der Waals surface area contributed by atoms with Gasteiger partial charge in [0.1, 0.15) is 0 Å². The highest BCUT2D eigenvalue weighted by molar-refractivity contribution is 4.82. The van der Waals surface area contributed by atoms with Crippen molar-refractivity contribution in [2.75, 3.05) is 39.8 Å². The molecule has 1 atom stereocenters. The molecule has 2 aliphatic heterocycles. The Morgan fingerprint density at radius 3 is 2.33 bits per heavy atom. The van der Waals surface area contributed by atoms with Crippen LogP contribution in [0.15, 0.2) is 0 Å². The fourth-order valence-corrected chi connectivity index (χ4v) is 3.37. The van der Waals surface area contributed by atoms with Crippen LogP contribution in [0.25, 0.3) is 0 Å². The molecule has 1 N–H and O–H groups in total. The first-order valence-corrected chi connectivity index (χ1v) is 7.95. The molecule has 0 bridgehead atoms. The standard InChI is InChI=1S/C15H31N3/c1-3-9-18-10-4-5-14(8-13-18)16-15-6-11-17(2)12-7-15/h14-16H,3-13H2,1-2H3. The second-order valence-corrected chi connectivity index (χ2v) is 6.21. The summed E-state index contributed by atoms with van der Waals surface area (Å²) >= 11 is 0. The highest BCUT2D eigenvalue weighted by atomic mass is 15.1. The summed E-state index contributed by atoms with van der Waals surface area (Å²) in [4.78, 5) is 5.10. The molecule has 3 heteroatoms. The molecule has 2 heterocycles. The van der Waals surface area contributed by atoms with E-state index in [1.54, 1.807) is 0 Å². The molecule has 18 heavy (non-hydrogen) atoms. The normalized spacial score (nSPS) is 29.3. The van der Waals surface area contributed by atoms with Crippen molar-refractivity contribution in [1.82, 2.24) is 15.1 Å². The average Bonchev–Trinajstić information content (AvgIpc) is 2.59. The predicted octanol–water partition coefficient (Wildman–Crippen LogP) is 1.93. The van der Waals surface area contributed by atoms with Crippen LogP contribution >= 0.6 is 0 Å². The highest BCUT2D eigenvalue weighted by Gasteiger charge is 2.22. The summed E-state index contributed by atoms with van der Waals surface area (Å²) in [6.07, 6.45) is 8.09. The van der Waals surface area contributed by atoms with E-state index in [0.717, 1.165) is 12.1 Å². The van der Waals surface area contributed by atoms with Gasteiger partial charge in [-0.3, -0.25) is 0 Å². The van der Waals surface area contributed by atoms with E-state index in [0.29, 0.717) is 0 Å². The largest absolute Gasteiger partial charge is 0.311 e. The molecule has 0 aromatic rings. The lowest BCUT2D eigenvalue weighted by Gasteiger charge is -2.32. The number of hydrogen-bond acceptors (Lipinski definition) is 3. The first kappa shape index (κ1) is 14.3. The molecule has 0 amide bonds. The van der Waals surface area contributed by atoms with Crippen LogP contribution in [-0.4, -0.2) is 61.7 Å². The van der Waals surface area contributed by atoms with E-state index < -0.39 is 0 Å². The molecule has 106 valence electrons. The third-order valence-corrected chi connectivity index (χ3v) is 4.55. The fraction of sp³-hybridized carbons (Fsp3) is 1.00. The van der Waals surface area contributed by atoms with Gasteiger partial charge in [0.25, 0.3) is 0 Å². The van der Waals surface area contributed by atoms with E-state index in [9.17, 15) is 0 Å². The van der Waals surface area contributed by atoms with Crippen molar-refractivity contribution >= 4 is 0 Å². The molecule has 2 rings (SSSR count). The molecule has 2 fully saturated rings. The molecule has 0 radical (unpaired) electrons. The number of hydrogen-bond donors (Lipinski definition) is 1. The van der Waals surface area contributed by atoms with Crippen molar-refractivity contribution in [3.8, 4) is 0 Å². The molecule has 2 aliphatic rings. The minimum atomic E-state index is 0.778. The number of rotatable bonds is 4. The SMILES string of the molecule is CCCN1CCCC(NC2CCN(C)CC2)CC1. The molecule has 0 spiro atoms. The first-order valence-electron chi connectivity index (χ1n) is 7.95. The lowest BCUT2D eigenvalue weighted by atomic mass is 10.0. The van der Waals surface area contributed by atoms with E-state index in [1.165, 1.54) is 71.2 Å². The summed E-state index contributed by atoms with van der Waals surface area (Å²) in [5.41, 5.74) is 0. The molecule has 0 aliphatic carbocycles. The lowest BCUT2D eigenvalue weighted by molar-refractivity contribution is 0.219. The summed E-state index contributed by atoms with van der Waals surface area (Å²) in [5, 5.41) is 3.93. The van der Waals surface area contributed by atoms with E-state index in [2.05, 4.69) is 29.1 Å². The third kappa shape index (κ3) is 4.52. The molecule has 0 saturated carbocycles. The highest BCUT2D eigenvalue weighted by Crippen LogP contribution is 2.15. The Kier molecular flexibility index (Phi) is 5.93. The van der Waals surface area contributed by atoms with Gasteiger partial charge in [-0.1, -0.05) is 6.92 Å². The summed E-state index contributed by atoms with van der Waals surface area (Å²) in [7, 11) is 2.24. The summed E-state index contributed by atoms with van der Waals surface area (Å²) < 4.78 is 0. The van der Waals surface area contributed by atoms with Gasteiger partial charge in [0.15, 0.2) is 0 Å². The maximum absolute atomic E-state index is 3.93. The van der Waals surface area contributed by atoms with Crippen molar-refractivity contribution in [1.29, 1.82) is 0 Å². The van der Waals surface area contributed by atoms with Gasteiger partial charge in [-0.25, -0.2) is 0 Å². The van der Waals surface area contributed by atoms with Crippen LogP contribution in [0.3, 0.4) is 0 Å². The van der Waals surface area contributed by atoms with E-state index in [-0.39, 0.29) is 0 Å². The summed E-state index contributed by atoms with van der Waals surface area (Å²) in [6, 6.07) is 1.56. The molecule has 0 aromatic heterocycles. The molecule has 0 aromatic carbocycles. The van der Waals surface area contributed by atoms with Crippen molar-refractivity contribution in [2.45, 2.75) is 57.5 Å². The maximum Gasteiger partial charge on any atom is 0.00940 e. The molecular formula is C15H31N3. The van der Waals surface area contributed by atoms with Crippen LogP contribution in [-0.2, 0) is 0 Å². The fourth-order valence-electron chi connectivity index (χ4n) is 3.37. The van der Waals surface area contributed by atoms with E-state index in [1.807, 2.05) is 0 Å². The van der Waals surface area contributed by atoms with Crippen molar-refractivity contribution in [3.05, 3.63) is 0 Å². The Hall–Kier alpha value is -0.120. The van der Waals surface area contributed by atoms with Crippen LogP contribution in [0.1, 0.15) is 45.4 Å². The number of piperidine rings is 1. The average molecular weight is 253 g/mol. The van der Waals surface area contributed by atoms with Gasteiger partial charge in [-0.05, 0) is 78.3 Å². The Morgan fingerprint density at radius 2 is 1.61 bits per heavy atom. The molecule has 2 saturated heterocycles. The second-order valence-electron chi connectivity index (χ2n) is 6.21. The Morgan fingerprint density at radius 1 is 0.944 bits per heavy atom. The van der Waals surface area contributed by atoms with Crippen molar-refractivity contribution in [2.24, 2.45) is 0 Å². The smallest absolute Gasteiger partial charge is 0.00940 e.